The van der Waals surface area contributed by atoms with Crippen molar-refractivity contribution in [1.29, 1.82) is 0 Å². The summed E-state index contributed by atoms with van der Waals surface area (Å²) in [5, 5.41) is 3.78. The summed E-state index contributed by atoms with van der Waals surface area (Å²) in [6.07, 6.45) is 7.70. The number of rotatable bonds is 2. The van der Waals surface area contributed by atoms with Crippen molar-refractivity contribution < 1.29 is 0 Å². The Kier molecular flexibility index (Phi) is 3.50. The largest absolute Gasteiger partial charge is 0.378 e. The first-order valence-electron chi connectivity index (χ1n) is 7.46. The van der Waals surface area contributed by atoms with Crippen molar-refractivity contribution in [1.82, 2.24) is 0 Å². The second kappa shape index (κ2) is 5.34. The summed E-state index contributed by atoms with van der Waals surface area (Å²) >= 11 is 4.43. The Labute approximate surface area is 137 Å². The van der Waals surface area contributed by atoms with E-state index in [9.17, 15) is 0 Å². The van der Waals surface area contributed by atoms with Crippen LogP contribution in [0.15, 0.2) is 24.3 Å². The van der Waals surface area contributed by atoms with Crippen molar-refractivity contribution in [2.75, 3.05) is 5.32 Å². The third-order valence-corrected chi connectivity index (χ3v) is 6.49. The van der Waals surface area contributed by atoms with E-state index in [2.05, 4.69) is 52.2 Å². The normalized spacial score (nSPS) is 20.6. The molecular formula is C17H18INS. The van der Waals surface area contributed by atoms with Gasteiger partial charge in [-0.05, 0) is 96.0 Å². The molecule has 0 bridgehead atoms. The van der Waals surface area contributed by atoms with Crippen molar-refractivity contribution >= 4 is 39.6 Å². The Morgan fingerprint density at radius 3 is 2.90 bits per heavy atom. The minimum atomic E-state index is 0.512. The molecule has 0 aliphatic heterocycles. The lowest BCUT2D eigenvalue weighted by molar-refractivity contribution is 0.608. The van der Waals surface area contributed by atoms with E-state index in [-0.39, 0.29) is 0 Å². The molecule has 2 aliphatic carbocycles. The highest BCUT2D eigenvalue weighted by molar-refractivity contribution is 14.1. The molecule has 0 saturated heterocycles. The van der Waals surface area contributed by atoms with E-state index < -0.39 is 0 Å². The number of anilines is 1. The molecule has 1 nitrogen and oxygen atoms in total. The molecule has 104 valence electrons. The highest BCUT2D eigenvalue weighted by atomic mass is 127. The molecule has 0 spiro atoms. The van der Waals surface area contributed by atoms with Gasteiger partial charge >= 0.3 is 0 Å². The highest BCUT2D eigenvalue weighted by Gasteiger charge is 2.23. The van der Waals surface area contributed by atoms with Gasteiger partial charge in [0.25, 0.3) is 0 Å². The fraction of sp³-hybridized carbons (Fsp3) is 0.412. The molecular weight excluding hydrogens is 377 g/mol. The van der Waals surface area contributed by atoms with E-state index in [1.54, 1.807) is 21.6 Å². The molecule has 2 aliphatic rings. The number of hydrogen-bond donors (Lipinski definition) is 1. The summed E-state index contributed by atoms with van der Waals surface area (Å²) in [7, 11) is 0. The number of fused-ring (bicyclic) bond motifs is 2. The van der Waals surface area contributed by atoms with Gasteiger partial charge in [-0.1, -0.05) is 6.07 Å². The lowest BCUT2D eigenvalue weighted by Gasteiger charge is -2.25. The lowest BCUT2D eigenvalue weighted by atomic mass is 9.93. The van der Waals surface area contributed by atoms with Gasteiger partial charge < -0.3 is 5.32 Å². The van der Waals surface area contributed by atoms with Gasteiger partial charge in [0.2, 0.25) is 0 Å². The van der Waals surface area contributed by atoms with Crippen LogP contribution in [0.5, 0.6) is 0 Å². The summed E-state index contributed by atoms with van der Waals surface area (Å²) in [4.78, 5) is 1.60. The van der Waals surface area contributed by atoms with Crippen LogP contribution in [-0.2, 0) is 19.3 Å². The van der Waals surface area contributed by atoms with Crippen LogP contribution in [0.2, 0.25) is 0 Å². The van der Waals surface area contributed by atoms with Gasteiger partial charge in [0, 0.05) is 10.6 Å². The van der Waals surface area contributed by atoms with E-state index in [0.29, 0.717) is 6.04 Å². The molecule has 0 fully saturated rings. The highest BCUT2D eigenvalue weighted by Crippen LogP contribution is 2.38. The minimum Gasteiger partial charge on any atom is -0.378 e. The number of hydrogen-bond acceptors (Lipinski definition) is 2. The average Bonchev–Trinajstić information content (AvgIpc) is 3.04. The fourth-order valence-electron chi connectivity index (χ4n) is 3.53. The van der Waals surface area contributed by atoms with E-state index in [0.717, 1.165) is 0 Å². The van der Waals surface area contributed by atoms with Crippen molar-refractivity contribution in [3.05, 3.63) is 48.7 Å². The fourth-order valence-corrected chi connectivity index (χ4v) is 5.65. The molecule has 2 aromatic rings. The second-order valence-electron chi connectivity index (χ2n) is 5.86. The molecule has 0 radical (unpaired) electrons. The number of thiophene rings is 1. The zero-order valence-corrected chi connectivity index (χ0v) is 14.4. The van der Waals surface area contributed by atoms with Crippen molar-refractivity contribution in [2.24, 2.45) is 0 Å². The second-order valence-corrected chi connectivity index (χ2v) is 8.89. The van der Waals surface area contributed by atoms with Crippen molar-refractivity contribution in [3.63, 3.8) is 0 Å². The Balaban J connectivity index is 1.60. The molecule has 20 heavy (non-hydrogen) atoms. The summed E-state index contributed by atoms with van der Waals surface area (Å²) in [6, 6.07) is 9.87. The Morgan fingerprint density at radius 2 is 1.95 bits per heavy atom. The molecule has 0 amide bonds. The maximum absolute atomic E-state index is 3.78. The van der Waals surface area contributed by atoms with Crippen LogP contribution >= 0.6 is 33.9 Å². The zero-order valence-electron chi connectivity index (χ0n) is 11.4. The average molecular weight is 395 g/mol. The standard InChI is InChI=1S/C17H18INS/c18-17-10-14-15(5-2-6-16(14)20-17)19-13-8-7-11-3-1-4-12(11)9-13/h7-10,15,19H,1-6H2. The van der Waals surface area contributed by atoms with Crippen LogP contribution in [-0.4, -0.2) is 0 Å². The van der Waals surface area contributed by atoms with Gasteiger partial charge in [-0.2, -0.15) is 0 Å². The number of aryl methyl sites for hydroxylation is 3. The van der Waals surface area contributed by atoms with Crippen molar-refractivity contribution in [3.8, 4) is 0 Å². The SMILES string of the molecule is Ic1cc2c(s1)CCCC2Nc1ccc2c(c1)CCC2. The first-order valence-corrected chi connectivity index (χ1v) is 9.35. The maximum Gasteiger partial charge on any atom is 0.0660 e. The smallest absolute Gasteiger partial charge is 0.0660 e. The number of nitrogens with one attached hydrogen (secondary N) is 1. The maximum atomic E-state index is 3.78. The van der Waals surface area contributed by atoms with Crippen LogP contribution in [0.3, 0.4) is 0 Å². The van der Waals surface area contributed by atoms with E-state index in [1.807, 2.05) is 11.3 Å². The molecule has 0 saturated carbocycles. The quantitative estimate of drug-likeness (QED) is 0.678. The summed E-state index contributed by atoms with van der Waals surface area (Å²) in [6.45, 7) is 0. The predicted molar refractivity (Wildman–Crippen MR) is 94.8 cm³/mol. The van der Waals surface area contributed by atoms with E-state index in [1.165, 1.54) is 47.1 Å². The summed E-state index contributed by atoms with van der Waals surface area (Å²) < 4.78 is 1.43. The summed E-state index contributed by atoms with van der Waals surface area (Å²) in [5.41, 5.74) is 5.98. The predicted octanol–water partition coefficient (Wildman–Crippen LogP) is 5.33. The van der Waals surface area contributed by atoms with Gasteiger partial charge in [-0.25, -0.2) is 0 Å². The van der Waals surface area contributed by atoms with Crippen LogP contribution in [0.1, 0.15) is 46.9 Å². The van der Waals surface area contributed by atoms with Gasteiger partial charge in [0.15, 0.2) is 0 Å². The summed E-state index contributed by atoms with van der Waals surface area (Å²) in [5.74, 6) is 0. The first kappa shape index (κ1) is 13.1. The number of benzene rings is 1. The molecule has 1 heterocycles. The van der Waals surface area contributed by atoms with Crippen LogP contribution in [0.25, 0.3) is 0 Å². The molecule has 3 heteroatoms. The first-order chi connectivity index (χ1) is 9.79. The number of halogens is 1. The lowest BCUT2D eigenvalue weighted by Crippen LogP contribution is -2.15. The van der Waals surface area contributed by atoms with Crippen LogP contribution < -0.4 is 5.32 Å². The molecule has 1 N–H and O–H groups in total. The third-order valence-electron chi connectivity index (χ3n) is 4.52. The molecule has 1 atom stereocenters. The zero-order chi connectivity index (χ0) is 13.5. The third kappa shape index (κ3) is 2.39. The Hall–Kier alpha value is -0.550. The van der Waals surface area contributed by atoms with Crippen molar-refractivity contribution in [2.45, 2.75) is 44.6 Å². The van der Waals surface area contributed by atoms with E-state index in [4.69, 9.17) is 0 Å². The Bertz CT molecular complexity index is 646. The van der Waals surface area contributed by atoms with Gasteiger partial charge in [0.05, 0.1) is 8.93 Å². The topological polar surface area (TPSA) is 12.0 Å². The molecule has 1 unspecified atom stereocenters. The minimum absolute atomic E-state index is 0.512. The van der Waals surface area contributed by atoms with Crippen LogP contribution in [0, 0.1) is 2.88 Å². The van der Waals surface area contributed by atoms with Gasteiger partial charge in [0.1, 0.15) is 0 Å². The monoisotopic (exact) mass is 395 g/mol. The Morgan fingerprint density at radius 1 is 1.05 bits per heavy atom. The molecule has 1 aromatic carbocycles. The molecule has 1 aromatic heterocycles. The van der Waals surface area contributed by atoms with Crippen LogP contribution in [0.4, 0.5) is 5.69 Å². The van der Waals surface area contributed by atoms with Gasteiger partial charge in [-0.3, -0.25) is 0 Å². The van der Waals surface area contributed by atoms with Gasteiger partial charge in [-0.15, -0.1) is 11.3 Å². The van der Waals surface area contributed by atoms with E-state index >= 15 is 0 Å². The molecule has 4 rings (SSSR count).